The molecule has 0 aliphatic carbocycles. The predicted molar refractivity (Wildman–Crippen MR) is 110 cm³/mol. The summed E-state index contributed by atoms with van der Waals surface area (Å²) < 4.78 is 1.81. The molecule has 0 radical (unpaired) electrons. The second kappa shape index (κ2) is 7.42. The van der Waals surface area contributed by atoms with Crippen LogP contribution in [0.1, 0.15) is 12.2 Å². The first-order valence-electron chi connectivity index (χ1n) is 9.70. The summed E-state index contributed by atoms with van der Waals surface area (Å²) in [5, 5.41) is 13.4. The fourth-order valence-corrected chi connectivity index (χ4v) is 3.62. The molecule has 0 bridgehead atoms. The van der Waals surface area contributed by atoms with E-state index in [0.29, 0.717) is 0 Å². The molecule has 0 saturated carbocycles. The van der Waals surface area contributed by atoms with Crippen LogP contribution in [0, 0.1) is 6.92 Å². The number of aromatic nitrogens is 7. The number of rotatable bonds is 3. The van der Waals surface area contributed by atoms with E-state index in [1.807, 2.05) is 43.5 Å². The molecule has 0 spiro atoms. The monoisotopic (exact) mass is 387 g/mol. The van der Waals surface area contributed by atoms with Crippen molar-refractivity contribution in [1.82, 2.24) is 34.8 Å². The molecule has 0 atom stereocenters. The number of hydrogen-bond acceptors (Lipinski definition) is 8. The lowest BCUT2D eigenvalue weighted by molar-refractivity contribution is 0.777. The fraction of sp³-hybridized carbons (Fsp3) is 0.300. The molecule has 0 N–H and O–H groups in total. The van der Waals surface area contributed by atoms with E-state index in [9.17, 15) is 0 Å². The molecular formula is C20H21N9. The molecule has 5 rings (SSSR count). The highest BCUT2D eigenvalue weighted by Gasteiger charge is 2.19. The van der Waals surface area contributed by atoms with Gasteiger partial charge in [-0.25, -0.2) is 9.97 Å². The van der Waals surface area contributed by atoms with E-state index in [2.05, 4.69) is 34.9 Å². The van der Waals surface area contributed by atoms with Gasteiger partial charge in [0.25, 0.3) is 0 Å². The van der Waals surface area contributed by atoms with Crippen LogP contribution in [0.25, 0.3) is 17.0 Å². The Morgan fingerprint density at radius 3 is 2.38 bits per heavy atom. The lowest BCUT2D eigenvalue weighted by atomic mass is 10.2. The van der Waals surface area contributed by atoms with Gasteiger partial charge in [0.1, 0.15) is 17.5 Å². The lowest BCUT2D eigenvalue weighted by Gasteiger charge is -2.23. The molecule has 1 fully saturated rings. The SMILES string of the molecule is Cc1nccc(N2CCCN(c3ccc4nnc(-c5ccncc5)n4n3)CC2)n1. The molecule has 9 heteroatoms. The summed E-state index contributed by atoms with van der Waals surface area (Å²) >= 11 is 0. The van der Waals surface area contributed by atoms with Crippen LogP contribution < -0.4 is 9.80 Å². The molecule has 29 heavy (non-hydrogen) atoms. The predicted octanol–water partition coefficient (Wildman–Crippen LogP) is 2.00. The van der Waals surface area contributed by atoms with Crippen molar-refractivity contribution in [3.8, 4) is 11.4 Å². The second-order valence-electron chi connectivity index (χ2n) is 7.01. The Morgan fingerprint density at radius 1 is 0.793 bits per heavy atom. The van der Waals surface area contributed by atoms with Gasteiger partial charge in [0, 0.05) is 50.3 Å². The smallest absolute Gasteiger partial charge is 0.185 e. The van der Waals surface area contributed by atoms with Crippen molar-refractivity contribution in [3.63, 3.8) is 0 Å². The van der Waals surface area contributed by atoms with Crippen molar-refractivity contribution in [2.24, 2.45) is 0 Å². The average molecular weight is 387 g/mol. The van der Waals surface area contributed by atoms with Gasteiger partial charge in [-0.3, -0.25) is 4.98 Å². The van der Waals surface area contributed by atoms with E-state index in [1.54, 1.807) is 16.9 Å². The summed E-state index contributed by atoms with van der Waals surface area (Å²) in [6, 6.07) is 9.79. The highest BCUT2D eigenvalue weighted by molar-refractivity contribution is 5.59. The third kappa shape index (κ3) is 3.46. The molecule has 1 saturated heterocycles. The van der Waals surface area contributed by atoms with Crippen LogP contribution in [0.3, 0.4) is 0 Å². The van der Waals surface area contributed by atoms with E-state index in [4.69, 9.17) is 5.10 Å². The van der Waals surface area contributed by atoms with Gasteiger partial charge in [0.2, 0.25) is 0 Å². The number of nitrogens with zero attached hydrogens (tertiary/aromatic N) is 9. The van der Waals surface area contributed by atoms with E-state index in [-0.39, 0.29) is 0 Å². The molecule has 9 nitrogen and oxygen atoms in total. The Labute approximate surface area is 168 Å². The third-order valence-corrected chi connectivity index (χ3v) is 5.09. The first-order chi connectivity index (χ1) is 14.3. The Hall–Kier alpha value is -3.62. The van der Waals surface area contributed by atoms with Crippen LogP contribution in [0.5, 0.6) is 0 Å². The minimum atomic E-state index is 0.720. The maximum atomic E-state index is 4.84. The van der Waals surface area contributed by atoms with Crippen LogP contribution in [0.15, 0.2) is 48.9 Å². The quantitative estimate of drug-likeness (QED) is 0.527. The van der Waals surface area contributed by atoms with Crippen LogP contribution in [0.4, 0.5) is 11.6 Å². The fourth-order valence-electron chi connectivity index (χ4n) is 3.62. The summed E-state index contributed by atoms with van der Waals surface area (Å²) in [7, 11) is 0. The van der Waals surface area contributed by atoms with Crippen LogP contribution in [0.2, 0.25) is 0 Å². The van der Waals surface area contributed by atoms with Gasteiger partial charge in [-0.05, 0) is 43.7 Å². The molecule has 4 aromatic rings. The zero-order valence-corrected chi connectivity index (χ0v) is 16.2. The van der Waals surface area contributed by atoms with E-state index in [1.165, 1.54) is 0 Å². The van der Waals surface area contributed by atoms with E-state index >= 15 is 0 Å². The maximum Gasteiger partial charge on any atom is 0.185 e. The Bertz CT molecular complexity index is 1130. The molecule has 5 heterocycles. The number of anilines is 2. The van der Waals surface area contributed by atoms with Crippen LogP contribution >= 0.6 is 0 Å². The first kappa shape index (κ1) is 17.5. The molecule has 0 amide bonds. The van der Waals surface area contributed by atoms with Crippen molar-refractivity contribution in [3.05, 3.63) is 54.7 Å². The molecule has 1 aliphatic heterocycles. The molecule has 4 aromatic heterocycles. The van der Waals surface area contributed by atoms with E-state index < -0.39 is 0 Å². The third-order valence-electron chi connectivity index (χ3n) is 5.09. The normalized spacial score (nSPS) is 14.9. The minimum absolute atomic E-state index is 0.720. The summed E-state index contributed by atoms with van der Waals surface area (Å²) in [6.45, 7) is 5.58. The molecule has 0 unspecified atom stereocenters. The van der Waals surface area contributed by atoms with Crippen molar-refractivity contribution in [1.29, 1.82) is 0 Å². The van der Waals surface area contributed by atoms with Gasteiger partial charge in [-0.2, -0.15) is 4.52 Å². The van der Waals surface area contributed by atoms with Gasteiger partial charge in [0.15, 0.2) is 11.5 Å². The number of aryl methyl sites for hydroxylation is 1. The lowest BCUT2D eigenvalue weighted by Crippen LogP contribution is -2.31. The Balaban J connectivity index is 1.41. The van der Waals surface area contributed by atoms with Crippen molar-refractivity contribution >= 4 is 17.3 Å². The summed E-state index contributed by atoms with van der Waals surface area (Å²) in [4.78, 5) is 17.5. The summed E-state index contributed by atoms with van der Waals surface area (Å²) in [6.07, 6.45) is 6.35. The van der Waals surface area contributed by atoms with Gasteiger partial charge in [-0.1, -0.05) is 0 Å². The van der Waals surface area contributed by atoms with Crippen molar-refractivity contribution < 1.29 is 0 Å². The van der Waals surface area contributed by atoms with Gasteiger partial charge in [-0.15, -0.1) is 15.3 Å². The van der Waals surface area contributed by atoms with Crippen molar-refractivity contribution in [2.45, 2.75) is 13.3 Å². The van der Waals surface area contributed by atoms with Gasteiger partial charge >= 0.3 is 0 Å². The summed E-state index contributed by atoms with van der Waals surface area (Å²) in [5.74, 6) is 3.43. The van der Waals surface area contributed by atoms with E-state index in [0.717, 1.165) is 67.1 Å². The van der Waals surface area contributed by atoms with Crippen LogP contribution in [-0.4, -0.2) is 60.9 Å². The topological polar surface area (TPSA) is 88.2 Å². The second-order valence-corrected chi connectivity index (χ2v) is 7.01. The Morgan fingerprint density at radius 2 is 1.59 bits per heavy atom. The minimum Gasteiger partial charge on any atom is -0.355 e. The molecule has 1 aliphatic rings. The zero-order valence-electron chi connectivity index (χ0n) is 16.2. The van der Waals surface area contributed by atoms with Gasteiger partial charge in [0.05, 0.1) is 0 Å². The maximum absolute atomic E-state index is 4.84. The number of hydrogen-bond donors (Lipinski definition) is 0. The zero-order chi connectivity index (χ0) is 19.6. The molecule has 0 aromatic carbocycles. The molecule has 146 valence electrons. The largest absolute Gasteiger partial charge is 0.355 e. The highest BCUT2D eigenvalue weighted by Crippen LogP contribution is 2.21. The number of fused-ring (bicyclic) bond motifs is 1. The summed E-state index contributed by atoms with van der Waals surface area (Å²) in [5.41, 5.74) is 1.67. The van der Waals surface area contributed by atoms with Gasteiger partial charge < -0.3 is 9.80 Å². The highest BCUT2D eigenvalue weighted by atomic mass is 15.4. The first-order valence-corrected chi connectivity index (χ1v) is 9.70. The molecular weight excluding hydrogens is 366 g/mol. The van der Waals surface area contributed by atoms with Crippen LogP contribution in [-0.2, 0) is 0 Å². The standard InChI is InChI=1S/C20H21N9/c1-15-22-10-7-17(23-15)27-11-2-12-28(14-13-27)19-4-3-18-24-25-20(29(18)26-19)16-5-8-21-9-6-16/h3-10H,2,11-14H2,1H3. The number of pyridine rings is 1. The Kier molecular flexibility index (Phi) is 4.47. The van der Waals surface area contributed by atoms with Crippen molar-refractivity contribution in [2.75, 3.05) is 36.0 Å². The average Bonchev–Trinajstić information content (AvgIpc) is 3.02.